The summed E-state index contributed by atoms with van der Waals surface area (Å²) in [4.78, 5) is 15.1. The van der Waals surface area contributed by atoms with Crippen LogP contribution in [0, 0.1) is 6.92 Å². The average Bonchev–Trinajstić information content (AvgIpc) is 3.21. The average molecular weight is 322 g/mol. The first-order valence-corrected chi connectivity index (χ1v) is 9.29. The van der Waals surface area contributed by atoms with Crippen LogP contribution in [-0.2, 0) is 0 Å². The zero-order chi connectivity index (χ0) is 15.7. The number of aromatic nitrogens is 2. The van der Waals surface area contributed by atoms with Crippen molar-refractivity contribution in [1.29, 1.82) is 0 Å². The predicted molar refractivity (Wildman–Crippen MR) is 90.5 cm³/mol. The SMILES string of the molecule is Cc1cc(C(=O)NC(C)(C)CN2CCSCC2)n(C2CC2)n1. The van der Waals surface area contributed by atoms with Gasteiger partial charge in [-0.15, -0.1) is 0 Å². The van der Waals surface area contributed by atoms with Crippen molar-refractivity contribution in [3.8, 4) is 0 Å². The number of rotatable bonds is 5. The molecule has 0 unspecified atom stereocenters. The monoisotopic (exact) mass is 322 g/mol. The van der Waals surface area contributed by atoms with E-state index in [-0.39, 0.29) is 11.4 Å². The highest BCUT2D eigenvalue weighted by molar-refractivity contribution is 7.99. The number of carbonyl (C=O) groups excluding carboxylic acids is 1. The smallest absolute Gasteiger partial charge is 0.270 e. The minimum atomic E-state index is -0.231. The number of thioether (sulfide) groups is 1. The minimum Gasteiger partial charge on any atom is -0.345 e. The summed E-state index contributed by atoms with van der Waals surface area (Å²) in [6.07, 6.45) is 2.27. The normalized spacial score (nSPS) is 20.1. The molecule has 0 aromatic carbocycles. The summed E-state index contributed by atoms with van der Waals surface area (Å²) < 4.78 is 1.91. The third-order valence-corrected chi connectivity index (χ3v) is 5.10. The Morgan fingerprint density at radius 1 is 1.41 bits per heavy atom. The van der Waals surface area contributed by atoms with Gasteiger partial charge < -0.3 is 5.32 Å². The van der Waals surface area contributed by atoms with Crippen molar-refractivity contribution in [3.63, 3.8) is 0 Å². The second-order valence-corrected chi connectivity index (χ2v) is 8.30. The van der Waals surface area contributed by atoms with Gasteiger partial charge in [0, 0.05) is 36.7 Å². The molecule has 1 saturated carbocycles. The van der Waals surface area contributed by atoms with Crippen molar-refractivity contribution in [1.82, 2.24) is 20.0 Å². The molecule has 2 heterocycles. The van der Waals surface area contributed by atoms with Gasteiger partial charge >= 0.3 is 0 Å². The standard InChI is InChI=1S/C16H26N4OS/c1-12-10-14(20(18-12)13-4-5-13)15(21)17-16(2,3)11-19-6-8-22-9-7-19/h10,13H,4-9,11H2,1-3H3,(H,17,21). The fraction of sp³-hybridized carbons (Fsp3) is 0.750. The van der Waals surface area contributed by atoms with E-state index in [9.17, 15) is 4.79 Å². The Morgan fingerprint density at radius 2 is 2.09 bits per heavy atom. The highest BCUT2D eigenvalue weighted by Gasteiger charge is 2.31. The number of nitrogens with zero attached hydrogens (tertiary/aromatic N) is 3. The van der Waals surface area contributed by atoms with Gasteiger partial charge in [-0.3, -0.25) is 14.4 Å². The van der Waals surface area contributed by atoms with Crippen molar-refractivity contribution < 1.29 is 4.79 Å². The van der Waals surface area contributed by atoms with Crippen molar-refractivity contribution in [2.75, 3.05) is 31.1 Å². The maximum Gasteiger partial charge on any atom is 0.270 e. The van der Waals surface area contributed by atoms with E-state index in [4.69, 9.17) is 0 Å². The maximum atomic E-state index is 12.7. The molecule has 1 aliphatic carbocycles. The molecule has 0 atom stereocenters. The highest BCUT2D eigenvalue weighted by Crippen LogP contribution is 2.35. The van der Waals surface area contributed by atoms with Crippen molar-refractivity contribution in [2.24, 2.45) is 0 Å². The lowest BCUT2D eigenvalue weighted by atomic mass is 10.0. The van der Waals surface area contributed by atoms with Gasteiger partial charge in [-0.25, -0.2) is 0 Å². The molecule has 0 radical (unpaired) electrons. The molecule has 0 bridgehead atoms. The second kappa shape index (κ2) is 6.24. The summed E-state index contributed by atoms with van der Waals surface area (Å²) in [5, 5.41) is 7.69. The summed E-state index contributed by atoms with van der Waals surface area (Å²) in [5.74, 6) is 2.39. The topological polar surface area (TPSA) is 50.2 Å². The minimum absolute atomic E-state index is 0.00360. The van der Waals surface area contributed by atoms with E-state index in [1.165, 1.54) is 11.5 Å². The van der Waals surface area contributed by atoms with Gasteiger partial charge in [0.1, 0.15) is 5.69 Å². The Hall–Kier alpha value is -1.01. The molecule has 122 valence electrons. The lowest BCUT2D eigenvalue weighted by Gasteiger charge is -2.35. The molecule has 1 aromatic rings. The Kier molecular flexibility index (Phi) is 4.50. The fourth-order valence-corrected chi connectivity index (χ4v) is 3.99. The number of hydrogen-bond donors (Lipinski definition) is 1. The van der Waals surface area contributed by atoms with E-state index >= 15 is 0 Å². The molecular formula is C16H26N4OS. The number of aryl methyl sites for hydroxylation is 1. The van der Waals surface area contributed by atoms with Gasteiger partial charge in [0.15, 0.2) is 0 Å². The first-order valence-electron chi connectivity index (χ1n) is 8.13. The summed E-state index contributed by atoms with van der Waals surface area (Å²) in [6.45, 7) is 9.29. The van der Waals surface area contributed by atoms with Crippen molar-refractivity contribution in [3.05, 3.63) is 17.5 Å². The van der Waals surface area contributed by atoms with Crippen LogP contribution in [0.15, 0.2) is 6.07 Å². The largest absolute Gasteiger partial charge is 0.345 e. The maximum absolute atomic E-state index is 12.7. The van der Waals surface area contributed by atoms with Crippen molar-refractivity contribution in [2.45, 2.75) is 45.2 Å². The van der Waals surface area contributed by atoms with E-state index in [0.29, 0.717) is 11.7 Å². The van der Waals surface area contributed by atoms with Gasteiger partial charge in [0.25, 0.3) is 5.91 Å². The van der Waals surface area contributed by atoms with Crippen LogP contribution in [0.25, 0.3) is 0 Å². The summed E-state index contributed by atoms with van der Waals surface area (Å²) in [5.41, 5.74) is 1.40. The van der Waals surface area contributed by atoms with Gasteiger partial charge in [-0.1, -0.05) is 0 Å². The lowest BCUT2D eigenvalue weighted by Crippen LogP contribution is -2.53. The van der Waals surface area contributed by atoms with E-state index < -0.39 is 0 Å². The third kappa shape index (κ3) is 3.84. The zero-order valence-electron chi connectivity index (χ0n) is 13.8. The lowest BCUT2D eigenvalue weighted by molar-refractivity contribution is 0.0878. The molecule has 0 spiro atoms. The van der Waals surface area contributed by atoms with Gasteiger partial charge in [-0.05, 0) is 39.7 Å². The molecule has 2 fully saturated rings. The predicted octanol–water partition coefficient (Wildman–Crippen LogP) is 2.08. The molecule has 1 saturated heterocycles. The number of carbonyl (C=O) groups is 1. The van der Waals surface area contributed by atoms with Gasteiger partial charge in [0.2, 0.25) is 0 Å². The molecule has 22 heavy (non-hydrogen) atoms. The molecular weight excluding hydrogens is 296 g/mol. The van der Waals surface area contributed by atoms with Crippen LogP contribution in [0.4, 0.5) is 0 Å². The molecule has 5 nitrogen and oxygen atoms in total. The number of amides is 1. The number of nitrogens with one attached hydrogen (secondary N) is 1. The van der Waals surface area contributed by atoms with Gasteiger partial charge in [-0.2, -0.15) is 16.9 Å². The Morgan fingerprint density at radius 3 is 2.73 bits per heavy atom. The van der Waals surface area contributed by atoms with Crippen LogP contribution < -0.4 is 5.32 Å². The van der Waals surface area contributed by atoms with E-state index in [0.717, 1.165) is 38.2 Å². The molecule has 1 aliphatic heterocycles. The van der Waals surface area contributed by atoms with E-state index in [1.807, 2.05) is 29.4 Å². The Balaban J connectivity index is 1.64. The fourth-order valence-electron chi connectivity index (χ4n) is 3.01. The van der Waals surface area contributed by atoms with Crippen LogP contribution in [0.3, 0.4) is 0 Å². The highest BCUT2D eigenvalue weighted by atomic mass is 32.2. The molecule has 6 heteroatoms. The third-order valence-electron chi connectivity index (χ3n) is 4.16. The molecule has 1 N–H and O–H groups in total. The summed E-state index contributed by atoms with van der Waals surface area (Å²) in [6, 6.07) is 2.33. The zero-order valence-corrected chi connectivity index (χ0v) is 14.6. The quantitative estimate of drug-likeness (QED) is 0.902. The molecule has 1 aromatic heterocycles. The Labute approximate surface area is 136 Å². The summed E-state index contributed by atoms with van der Waals surface area (Å²) in [7, 11) is 0. The van der Waals surface area contributed by atoms with Crippen LogP contribution >= 0.6 is 11.8 Å². The number of hydrogen-bond acceptors (Lipinski definition) is 4. The second-order valence-electron chi connectivity index (χ2n) is 7.07. The van der Waals surface area contributed by atoms with Crippen molar-refractivity contribution >= 4 is 17.7 Å². The molecule has 1 amide bonds. The van der Waals surface area contributed by atoms with Crippen LogP contribution in [-0.4, -0.2) is 57.3 Å². The molecule has 3 rings (SSSR count). The first-order chi connectivity index (χ1) is 10.4. The Bertz CT molecular complexity index is 544. The molecule has 2 aliphatic rings. The first kappa shape index (κ1) is 15.9. The van der Waals surface area contributed by atoms with Gasteiger partial charge in [0.05, 0.1) is 11.7 Å². The van der Waals surface area contributed by atoms with Crippen LogP contribution in [0.2, 0.25) is 0 Å². The summed E-state index contributed by atoms with van der Waals surface area (Å²) >= 11 is 2.01. The van der Waals surface area contributed by atoms with Crippen LogP contribution in [0.1, 0.15) is 48.9 Å². The van der Waals surface area contributed by atoms with E-state index in [1.54, 1.807) is 0 Å². The van der Waals surface area contributed by atoms with E-state index in [2.05, 4.69) is 29.2 Å². The van der Waals surface area contributed by atoms with Crippen LogP contribution in [0.5, 0.6) is 0 Å².